The first-order chi connectivity index (χ1) is 11.0. The lowest BCUT2D eigenvalue weighted by molar-refractivity contribution is 0.117. The average molecular weight is 320 g/mol. The number of amides is 2. The van der Waals surface area contributed by atoms with Crippen LogP contribution in [0.25, 0.3) is 0 Å². The van der Waals surface area contributed by atoms with Gasteiger partial charge in [-0.05, 0) is 44.6 Å². The Balaban J connectivity index is 1.82. The minimum atomic E-state index is -0.412. The van der Waals surface area contributed by atoms with E-state index in [1.807, 2.05) is 30.3 Å². The van der Waals surface area contributed by atoms with Gasteiger partial charge >= 0.3 is 6.03 Å². The summed E-state index contributed by atoms with van der Waals surface area (Å²) in [6.45, 7) is 2.26. The maximum atomic E-state index is 12.1. The van der Waals surface area contributed by atoms with Crippen molar-refractivity contribution < 1.29 is 15.0 Å². The van der Waals surface area contributed by atoms with Crippen LogP contribution in [0.1, 0.15) is 50.5 Å². The lowest BCUT2D eigenvalue weighted by atomic mass is 9.93. The number of hydrogen-bond donors (Lipinski definition) is 4. The van der Waals surface area contributed by atoms with Crippen molar-refractivity contribution in [3.63, 3.8) is 0 Å². The van der Waals surface area contributed by atoms with E-state index in [0.717, 1.165) is 31.2 Å². The summed E-state index contributed by atoms with van der Waals surface area (Å²) >= 11 is 0. The summed E-state index contributed by atoms with van der Waals surface area (Å²) in [4.78, 5) is 12.1. The third-order valence-electron chi connectivity index (χ3n) is 4.44. The molecule has 0 spiro atoms. The Labute approximate surface area is 138 Å². The predicted molar refractivity (Wildman–Crippen MR) is 90.3 cm³/mol. The van der Waals surface area contributed by atoms with Crippen LogP contribution in [0.4, 0.5) is 4.79 Å². The molecule has 2 atom stereocenters. The van der Waals surface area contributed by atoms with Gasteiger partial charge in [0.05, 0.1) is 12.2 Å². The van der Waals surface area contributed by atoms with Crippen LogP contribution in [0.15, 0.2) is 30.3 Å². The summed E-state index contributed by atoms with van der Waals surface area (Å²) in [6, 6.07) is 9.92. The van der Waals surface area contributed by atoms with Gasteiger partial charge in [-0.2, -0.15) is 0 Å². The molecular weight excluding hydrogens is 292 g/mol. The molecule has 1 aliphatic rings. The van der Waals surface area contributed by atoms with Crippen molar-refractivity contribution in [1.29, 1.82) is 0 Å². The Bertz CT molecular complexity index is 470. The Hall–Kier alpha value is -1.59. The smallest absolute Gasteiger partial charge is 0.315 e. The van der Waals surface area contributed by atoms with E-state index in [4.69, 9.17) is 0 Å². The van der Waals surface area contributed by atoms with Gasteiger partial charge in [-0.15, -0.1) is 0 Å². The highest BCUT2D eigenvalue weighted by atomic mass is 16.3. The van der Waals surface area contributed by atoms with Crippen molar-refractivity contribution in [3.05, 3.63) is 35.9 Å². The van der Waals surface area contributed by atoms with Crippen molar-refractivity contribution in [2.24, 2.45) is 0 Å². The first-order valence-electron chi connectivity index (χ1n) is 8.50. The van der Waals surface area contributed by atoms with Gasteiger partial charge in [0.25, 0.3) is 0 Å². The molecule has 1 aromatic rings. The number of aliphatic hydroxyl groups is 2. The third kappa shape index (κ3) is 6.20. The van der Waals surface area contributed by atoms with Crippen molar-refractivity contribution >= 4 is 6.03 Å². The summed E-state index contributed by atoms with van der Waals surface area (Å²) in [5.74, 6) is 0.0927. The summed E-state index contributed by atoms with van der Waals surface area (Å²) in [7, 11) is 0. The molecule has 23 heavy (non-hydrogen) atoms. The number of aliphatic hydroxyl groups excluding tert-OH is 2. The molecule has 1 saturated carbocycles. The molecule has 0 saturated heterocycles. The van der Waals surface area contributed by atoms with Gasteiger partial charge in [0, 0.05) is 18.5 Å². The Morgan fingerprint density at radius 3 is 2.48 bits per heavy atom. The number of benzene rings is 1. The fourth-order valence-corrected chi connectivity index (χ4v) is 3.15. The van der Waals surface area contributed by atoms with E-state index in [0.29, 0.717) is 13.0 Å². The number of nitrogens with one attached hydrogen (secondary N) is 2. The third-order valence-corrected chi connectivity index (χ3v) is 4.44. The van der Waals surface area contributed by atoms with Gasteiger partial charge in [0.15, 0.2) is 0 Å². The Morgan fingerprint density at radius 1 is 1.22 bits per heavy atom. The van der Waals surface area contributed by atoms with Gasteiger partial charge in [-0.3, -0.25) is 0 Å². The first kappa shape index (κ1) is 17.8. The van der Waals surface area contributed by atoms with Crippen LogP contribution in [-0.2, 0) is 0 Å². The number of urea groups is 1. The van der Waals surface area contributed by atoms with E-state index >= 15 is 0 Å². The minimum absolute atomic E-state index is 0.0927. The van der Waals surface area contributed by atoms with E-state index < -0.39 is 6.10 Å². The summed E-state index contributed by atoms with van der Waals surface area (Å²) in [5.41, 5.74) is 1.12. The summed E-state index contributed by atoms with van der Waals surface area (Å²) in [6.07, 6.45) is 3.13. The van der Waals surface area contributed by atoms with E-state index in [-0.39, 0.29) is 24.1 Å². The summed E-state index contributed by atoms with van der Waals surface area (Å²) < 4.78 is 0. The standard InChI is InChI=1S/C18H28N2O3/c1-13(21)11-15(14-5-3-2-4-6-14)12-19-18(23)20-16-7-9-17(22)10-8-16/h2-6,13,15-17,21-22H,7-12H2,1H3,(H2,19,20,23). The molecule has 1 aromatic carbocycles. The first-order valence-corrected chi connectivity index (χ1v) is 8.50. The van der Waals surface area contributed by atoms with Crippen LogP contribution in [0, 0.1) is 0 Å². The van der Waals surface area contributed by atoms with Gasteiger partial charge in [-0.1, -0.05) is 30.3 Å². The molecule has 0 aliphatic heterocycles. The summed E-state index contributed by atoms with van der Waals surface area (Å²) in [5, 5.41) is 25.1. The molecule has 0 heterocycles. The highest BCUT2D eigenvalue weighted by Crippen LogP contribution is 2.21. The Kier molecular flexibility index (Phi) is 6.86. The van der Waals surface area contributed by atoms with Crippen molar-refractivity contribution in [3.8, 4) is 0 Å². The zero-order valence-corrected chi connectivity index (χ0v) is 13.7. The van der Waals surface area contributed by atoms with Crippen LogP contribution < -0.4 is 10.6 Å². The normalized spacial score (nSPS) is 23.8. The molecule has 0 radical (unpaired) electrons. The molecule has 1 aliphatic carbocycles. The fraction of sp³-hybridized carbons (Fsp3) is 0.611. The molecular formula is C18H28N2O3. The van der Waals surface area contributed by atoms with Crippen LogP contribution in [0.5, 0.6) is 0 Å². The van der Waals surface area contributed by atoms with Crippen molar-refractivity contribution in [2.45, 2.75) is 63.2 Å². The molecule has 2 amide bonds. The molecule has 0 aromatic heterocycles. The SMILES string of the molecule is CC(O)CC(CNC(=O)NC1CCC(O)CC1)c1ccccc1. The van der Waals surface area contributed by atoms with E-state index in [9.17, 15) is 15.0 Å². The number of carbonyl (C=O) groups is 1. The van der Waals surface area contributed by atoms with E-state index in [1.165, 1.54) is 0 Å². The Morgan fingerprint density at radius 2 is 1.87 bits per heavy atom. The molecule has 2 rings (SSSR count). The quantitative estimate of drug-likeness (QED) is 0.648. The van der Waals surface area contributed by atoms with Gasteiger partial charge < -0.3 is 20.8 Å². The van der Waals surface area contributed by atoms with Crippen molar-refractivity contribution in [2.75, 3.05) is 6.54 Å². The lowest BCUT2D eigenvalue weighted by Crippen LogP contribution is -2.45. The largest absolute Gasteiger partial charge is 0.393 e. The number of rotatable bonds is 6. The van der Waals surface area contributed by atoms with E-state index in [2.05, 4.69) is 10.6 Å². The lowest BCUT2D eigenvalue weighted by Gasteiger charge is -2.27. The number of hydrogen-bond acceptors (Lipinski definition) is 3. The molecule has 1 fully saturated rings. The second-order valence-electron chi connectivity index (χ2n) is 6.55. The topological polar surface area (TPSA) is 81.6 Å². The second kappa shape index (κ2) is 8.89. The monoisotopic (exact) mass is 320 g/mol. The maximum Gasteiger partial charge on any atom is 0.315 e. The second-order valence-corrected chi connectivity index (χ2v) is 6.55. The fourth-order valence-electron chi connectivity index (χ4n) is 3.15. The van der Waals surface area contributed by atoms with Crippen molar-refractivity contribution in [1.82, 2.24) is 10.6 Å². The highest BCUT2D eigenvalue weighted by Gasteiger charge is 2.21. The zero-order valence-electron chi connectivity index (χ0n) is 13.7. The van der Waals surface area contributed by atoms with Gasteiger partial charge in [-0.25, -0.2) is 4.79 Å². The molecule has 2 unspecified atom stereocenters. The molecule has 5 heteroatoms. The highest BCUT2D eigenvalue weighted by molar-refractivity contribution is 5.74. The van der Waals surface area contributed by atoms with Crippen LogP contribution in [0.2, 0.25) is 0 Å². The van der Waals surface area contributed by atoms with Gasteiger partial charge in [0.2, 0.25) is 0 Å². The molecule has 4 N–H and O–H groups in total. The van der Waals surface area contributed by atoms with Crippen LogP contribution in [0.3, 0.4) is 0 Å². The zero-order chi connectivity index (χ0) is 16.7. The molecule has 0 bridgehead atoms. The average Bonchev–Trinajstić information content (AvgIpc) is 2.54. The minimum Gasteiger partial charge on any atom is -0.393 e. The maximum absolute atomic E-state index is 12.1. The van der Waals surface area contributed by atoms with Crippen LogP contribution >= 0.6 is 0 Å². The van der Waals surface area contributed by atoms with Gasteiger partial charge in [0.1, 0.15) is 0 Å². The number of carbonyl (C=O) groups excluding carboxylic acids is 1. The molecule has 128 valence electrons. The predicted octanol–water partition coefficient (Wildman–Crippen LogP) is 2.14. The molecule has 5 nitrogen and oxygen atoms in total. The van der Waals surface area contributed by atoms with E-state index in [1.54, 1.807) is 6.92 Å². The van der Waals surface area contributed by atoms with Crippen LogP contribution in [-0.4, -0.2) is 41.0 Å².